The van der Waals surface area contributed by atoms with Crippen molar-refractivity contribution >= 4 is 34.1 Å². The Labute approximate surface area is 199 Å². The lowest BCUT2D eigenvalue weighted by atomic mass is 9.98. The van der Waals surface area contributed by atoms with Gasteiger partial charge in [0.2, 0.25) is 17.8 Å². The molecule has 0 saturated carbocycles. The predicted octanol–water partition coefficient (Wildman–Crippen LogP) is 3.98. The third-order valence-corrected chi connectivity index (χ3v) is 6.19. The molecule has 0 fully saturated rings. The number of hydrogen-bond acceptors (Lipinski definition) is 8. The van der Waals surface area contributed by atoms with Crippen LogP contribution in [0.2, 0.25) is 0 Å². The average Bonchev–Trinajstić information content (AvgIpc) is 3.51. The summed E-state index contributed by atoms with van der Waals surface area (Å²) in [6.45, 7) is 3.99. The van der Waals surface area contributed by atoms with Crippen molar-refractivity contribution in [1.29, 1.82) is 5.26 Å². The fourth-order valence-corrected chi connectivity index (χ4v) is 4.02. The molecule has 34 heavy (non-hydrogen) atoms. The number of rotatable bonds is 7. The number of amides is 3. The van der Waals surface area contributed by atoms with Crippen molar-refractivity contribution in [3.05, 3.63) is 48.0 Å². The Kier molecular flexibility index (Phi) is 6.89. The van der Waals surface area contributed by atoms with Gasteiger partial charge in [-0.2, -0.15) is 5.26 Å². The summed E-state index contributed by atoms with van der Waals surface area (Å²) in [5.41, 5.74) is 1.67. The van der Waals surface area contributed by atoms with Crippen LogP contribution in [0, 0.1) is 17.2 Å². The number of nitrogens with zero attached hydrogens (tertiary/aromatic N) is 3. The van der Waals surface area contributed by atoms with Crippen molar-refractivity contribution in [3.8, 4) is 28.1 Å². The Balaban J connectivity index is 1.42. The smallest absolute Gasteiger partial charge is 0.319 e. The van der Waals surface area contributed by atoms with E-state index >= 15 is 0 Å². The van der Waals surface area contributed by atoms with Crippen LogP contribution < -0.4 is 25.4 Å². The Morgan fingerprint density at radius 2 is 1.97 bits per heavy atom. The first-order valence-corrected chi connectivity index (χ1v) is 11.4. The van der Waals surface area contributed by atoms with E-state index in [9.17, 15) is 9.59 Å². The minimum atomic E-state index is -0.804. The van der Waals surface area contributed by atoms with Gasteiger partial charge in [0.1, 0.15) is 11.0 Å². The number of ether oxygens (including phenoxy) is 2. The fraction of sp³-hybridized carbons (Fsp3) is 0.261. The van der Waals surface area contributed by atoms with Crippen LogP contribution in [0.1, 0.15) is 25.8 Å². The maximum Gasteiger partial charge on any atom is 0.319 e. The molecular weight excluding hydrogens is 456 g/mol. The number of anilines is 2. The summed E-state index contributed by atoms with van der Waals surface area (Å²) >= 11 is 1.21. The normalized spacial score (nSPS) is 13.4. The number of urea groups is 1. The Morgan fingerprint density at radius 1 is 1.15 bits per heavy atom. The molecule has 0 radical (unpaired) electrons. The van der Waals surface area contributed by atoms with E-state index in [0.29, 0.717) is 39.3 Å². The van der Waals surface area contributed by atoms with Gasteiger partial charge in [-0.25, -0.2) is 4.79 Å². The highest BCUT2D eigenvalue weighted by molar-refractivity contribution is 7.18. The molecule has 3 N–H and O–H groups in total. The SMILES string of the molecule is CC[C@H](C)[C@H](NC(=O)Nc1cccc(C#N)c1)C(=O)Nc1nnc(-c2ccc3c(c2)OCO3)s1. The van der Waals surface area contributed by atoms with E-state index in [1.165, 1.54) is 11.3 Å². The van der Waals surface area contributed by atoms with Crippen LogP contribution in [-0.2, 0) is 4.79 Å². The molecule has 3 amide bonds. The summed E-state index contributed by atoms with van der Waals surface area (Å²) in [5.74, 6) is 0.758. The second kappa shape index (κ2) is 10.2. The number of carbonyl (C=O) groups is 2. The molecule has 11 heteroatoms. The number of hydrogen-bond donors (Lipinski definition) is 3. The second-order valence-electron chi connectivity index (χ2n) is 7.62. The molecule has 0 unspecified atom stereocenters. The Morgan fingerprint density at radius 3 is 2.76 bits per heavy atom. The highest BCUT2D eigenvalue weighted by atomic mass is 32.1. The van der Waals surface area contributed by atoms with Gasteiger partial charge in [0.05, 0.1) is 11.6 Å². The quantitative estimate of drug-likeness (QED) is 0.467. The molecule has 0 aliphatic carbocycles. The Bertz CT molecular complexity index is 1250. The largest absolute Gasteiger partial charge is 0.454 e. The van der Waals surface area contributed by atoms with Gasteiger partial charge in [-0.1, -0.05) is 37.7 Å². The number of carbonyl (C=O) groups excluding carboxylic acids is 2. The predicted molar refractivity (Wildman–Crippen MR) is 127 cm³/mol. The highest BCUT2D eigenvalue weighted by Gasteiger charge is 2.27. The van der Waals surface area contributed by atoms with Gasteiger partial charge in [0, 0.05) is 11.3 Å². The molecule has 0 spiro atoms. The Hall–Kier alpha value is -4.17. The second-order valence-corrected chi connectivity index (χ2v) is 8.60. The standard InChI is InChI=1S/C23H22N6O4S/c1-3-13(2)19(26-22(31)25-16-6-4-5-14(9-16)11-24)20(30)27-23-29-28-21(34-23)15-7-8-17-18(10-15)33-12-32-17/h4-10,13,19H,3,12H2,1-2H3,(H2,25,26,31)(H,27,29,30)/t13-,19-/m0/s1. The van der Waals surface area contributed by atoms with Gasteiger partial charge < -0.3 is 20.1 Å². The summed E-state index contributed by atoms with van der Waals surface area (Å²) in [5, 5.41) is 26.3. The zero-order valence-electron chi connectivity index (χ0n) is 18.5. The summed E-state index contributed by atoms with van der Waals surface area (Å²) in [4.78, 5) is 25.6. The lowest BCUT2D eigenvalue weighted by Gasteiger charge is -2.23. The van der Waals surface area contributed by atoms with E-state index in [0.717, 1.165) is 5.56 Å². The summed E-state index contributed by atoms with van der Waals surface area (Å²) in [6, 6.07) is 12.6. The molecule has 2 aromatic carbocycles. The minimum absolute atomic E-state index is 0.141. The fourth-order valence-electron chi connectivity index (χ4n) is 3.28. The molecule has 2 heterocycles. The summed E-state index contributed by atoms with van der Waals surface area (Å²) < 4.78 is 10.7. The van der Waals surface area contributed by atoms with Crippen LogP contribution in [0.15, 0.2) is 42.5 Å². The van der Waals surface area contributed by atoms with Gasteiger partial charge in [-0.15, -0.1) is 10.2 Å². The van der Waals surface area contributed by atoms with E-state index in [2.05, 4.69) is 26.1 Å². The number of nitriles is 1. The minimum Gasteiger partial charge on any atom is -0.454 e. The lowest BCUT2D eigenvalue weighted by Crippen LogP contribution is -2.49. The number of fused-ring (bicyclic) bond motifs is 1. The van der Waals surface area contributed by atoms with Crippen molar-refractivity contribution < 1.29 is 19.1 Å². The molecule has 0 saturated heterocycles. The van der Waals surface area contributed by atoms with Gasteiger partial charge in [-0.05, 0) is 42.3 Å². The molecule has 10 nitrogen and oxygen atoms in total. The molecule has 1 aromatic heterocycles. The summed E-state index contributed by atoms with van der Waals surface area (Å²) in [6.07, 6.45) is 0.668. The van der Waals surface area contributed by atoms with E-state index in [1.54, 1.807) is 30.3 Å². The van der Waals surface area contributed by atoms with Crippen LogP contribution in [-0.4, -0.2) is 35.0 Å². The van der Waals surface area contributed by atoms with Crippen molar-refractivity contribution in [2.24, 2.45) is 5.92 Å². The molecule has 3 aromatic rings. The van der Waals surface area contributed by atoms with Crippen LogP contribution in [0.25, 0.3) is 10.6 Å². The first-order chi connectivity index (χ1) is 16.5. The topological polar surface area (TPSA) is 138 Å². The highest BCUT2D eigenvalue weighted by Crippen LogP contribution is 2.37. The van der Waals surface area contributed by atoms with Crippen molar-refractivity contribution in [3.63, 3.8) is 0 Å². The number of nitrogens with one attached hydrogen (secondary N) is 3. The van der Waals surface area contributed by atoms with Gasteiger partial charge in [-0.3, -0.25) is 10.1 Å². The first-order valence-electron chi connectivity index (χ1n) is 10.6. The zero-order chi connectivity index (χ0) is 24.1. The maximum atomic E-state index is 13.0. The van der Waals surface area contributed by atoms with Crippen LogP contribution in [0.5, 0.6) is 11.5 Å². The third-order valence-electron chi connectivity index (χ3n) is 5.31. The molecule has 0 bridgehead atoms. The molecular formula is C23H22N6O4S. The van der Waals surface area contributed by atoms with Gasteiger partial charge in [0.15, 0.2) is 11.5 Å². The van der Waals surface area contributed by atoms with Gasteiger partial charge >= 0.3 is 6.03 Å². The van der Waals surface area contributed by atoms with Crippen molar-refractivity contribution in [2.45, 2.75) is 26.3 Å². The summed E-state index contributed by atoms with van der Waals surface area (Å²) in [7, 11) is 0. The van der Waals surface area contributed by atoms with Crippen LogP contribution >= 0.6 is 11.3 Å². The number of aromatic nitrogens is 2. The maximum absolute atomic E-state index is 13.0. The molecule has 2 atom stereocenters. The molecule has 174 valence electrons. The van der Waals surface area contributed by atoms with Crippen LogP contribution in [0.3, 0.4) is 0 Å². The van der Waals surface area contributed by atoms with E-state index in [4.69, 9.17) is 14.7 Å². The molecule has 4 rings (SSSR count). The van der Waals surface area contributed by atoms with E-state index in [-0.39, 0.29) is 12.7 Å². The molecule has 1 aliphatic heterocycles. The van der Waals surface area contributed by atoms with Crippen molar-refractivity contribution in [1.82, 2.24) is 15.5 Å². The first kappa shape index (κ1) is 23.0. The monoisotopic (exact) mass is 478 g/mol. The van der Waals surface area contributed by atoms with Crippen molar-refractivity contribution in [2.75, 3.05) is 17.4 Å². The van der Waals surface area contributed by atoms with E-state index < -0.39 is 18.0 Å². The third kappa shape index (κ3) is 5.24. The number of benzene rings is 2. The zero-order valence-corrected chi connectivity index (χ0v) is 19.3. The van der Waals surface area contributed by atoms with Gasteiger partial charge in [0.25, 0.3) is 0 Å². The van der Waals surface area contributed by atoms with Crippen LogP contribution in [0.4, 0.5) is 15.6 Å². The van der Waals surface area contributed by atoms with E-state index in [1.807, 2.05) is 32.0 Å². The molecule has 1 aliphatic rings. The average molecular weight is 479 g/mol. The lowest BCUT2D eigenvalue weighted by molar-refractivity contribution is -0.119.